The summed E-state index contributed by atoms with van der Waals surface area (Å²) in [4.78, 5) is 11.9. The van der Waals surface area contributed by atoms with E-state index in [-0.39, 0.29) is 5.56 Å². The lowest BCUT2D eigenvalue weighted by atomic mass is 9.93. The third-order valence-electron chi connectivity index (χ3n) is 5.39. The predicted octanol–water partition coefficient (Wildman–Crippen LogP) is 5.23. The van der Waals surface area contributed by atoms with E-state index in [1.165, 1.54) is 0 Å². The highest BCUT2D eigenvalue weighted by Gasteiger charge is 2.20. The van der Waals surface area contributed by atoms with Crippen molar-refractivity contribution >= 4 is 5.97 Å². The molecule has 4 nitrogen and oxygen atoms in total. The fraction of sp³-hybridized carbons (Fsp3) is 0.154. The summed E-state index contributed by atoms with van der Waals surface area (Å²) in [5.74, 6) is 0.492. The monoisotopic (exact) mass is 398 g/mol. The molecule has 30 heavy (non-hydrogen) atoms. The summed E-state index contributed by atoms with van der Waals surface area (Å²) in [5.41, 5.74) is 3.63. The summed E-state index contributed by atoms with van der Waals surface area (Å²) in [6.45, 7) is 6.05. The van der Waals surface area contributed by atoms with Gasteiger partial charge >= 0.3 is 5.97 Å². The van der Waals surface area contributed by atoms with E-state index in [0.717, 1.165) is 40.9 Å². The van der Waals surface area contributed by atoms with Crippen LogP contribution in [0.5, 0.6) is 0 Å². The zero-order valence-electron chi connectivity index (χ0n) is 17.1. The smallest absolute Gasteiger partial charge is 0.336 e. The molecule has 2 aliphatic rings. The van der Waals surface area contributed by atoms with Gasteiger partial charge in [0, 0.05) is 17.2 Å². The Morgan fingerprint density at radius 1 is 0.800 bits per heavy atom. The number of rotatable bonds is 5. The van der Waals surface area contributed by atoms with Crippen LogP contribution in [0.4, 0.5) is 0 Å². The molecule has 0 fully saturated rings. The minimum Gasteiger partial charge on any atom is -0.478 e. The summed E-state index contributed by atoms with van der Waals surface area (Å²) >= 11 is 0. The Hall–Kier alpha value is -3.66. The van der Waals surface area contributed by atoms with Crippen molar-refractivity contribution in [3.05, 3.63) is 89.8 Å². The summed E-state index contributed by atoms with van der Waals surface area (Å²) in [7, 11) is 0. The minimum atomic E-state index is -0.944. The highest BCUT2D eigenvalue weighted by molar-refractivity contribution is 5.99. The molecule has 0 spiro atoms. The van der Waals surface area contributed by atoms with E-state index >= 15 is 0 Å². The molecule has 4 rings (SSSR count). The molecule has 0 saturated carbocycles. The molecule has 0 atom stereocenters. The first-order chi connectivity index (χ1) is 14.6. The largest absolute Gasteiger partial charge is 0.478 e. The van der Waals surface area contributed by atoms with Gasteiger partial charge in [0.1, 0.15) is 24.6 Å². The Balaban J connectivity index is 2.07. The Bertz CT molecular complexity index is 1230. The van der Waals surface area contributed by atoms with Crippen LogP contribution >= 0.6 is 0 Å². The number of carbonyl (C=O) groups is 1. The first-order valence-corrected chi connectivity index (χ1v) is 10.2. The molecule has 0 unspecified atom stereocenters. The third-order valence-corrected chi connectivity index (χ3v) is 5.39. The van der Waals surface area contributed by atoms with Gasteiger partial charge in [-0.05, 0) is 43.2 Å². The molecular formula is C26H24NO3+. The van der Waals surface area contributed by atoms with E-state index in [2.05, 4.69) is 24.5 Å². The maximum absolute atomic E-state index is 11.9. The van der Waals surface area contributed by atoms with Crippen LogP contribution in [0.1, 0.15) is 24.2 Å². The quantitative estimate of drug-likeness (QED) is 0.469. The zero-order valence-corrected chi connectivity index (χ0v) is 17.1. The van der Waals surface area contributed by atoms with Crippen molar-refractivity contribution < 1.29 is 14.3 Å². The number of hydrogen-bond donors (Lipinski definition) is 1. The summed E-state index contributed by atoms with van der Waals surface area (Å²) in [6.07, 6.45) is 0. The minimum absolute atomic E-state index is 0.275. The van der Waals surface area contributed by atoms with Gasteiger partial charge in [-0.3, -0.25) is 0 Å². The van der Waals surface area contributed by atoms with Crippen LogP contribution in [0.3, 0.4) is 0 Å². The normalized spacial score (nSPS) is 10.9. The second-order valence-electron chi connectivity index (χ2n) is 7.09. The standard InChI is InChI=1S/C26H23NO3/c1-3-27(4-2)19-14-15-21-23(20-12-8-9-13-22(20)26(28)29)17-24(30-25(21)16-19)18-10-6-5-7-11-18/h5-17H,3-4H2,1-2H3/p+1. The van der Waals surface area contributed by atoms with Crippen LogP contribution in [0.25, 0.3) is 33.8 Å². The lowest BCUT2D eigenvalue weighted by molar-refractivity contribution is 0.0697. The van der Waals surface area contributed by atoms with E-state index in [4.69, 9.17) is 4.42 Å². The average molecular weight is 398 g/mol. The van der Waals surface area contributed by atoms with Gasteiger partial charge < -0.3 is 9.52 Å². The summed E-state index contributed by atoms with van der Waals surface area (Å²) < 4.78 is 8.58. The molecule has 1 aliphatic heterocycles. The van der Waals surface area contributed by atoms with Crippen molar-refractivity contribution in [2.75, 3.05) is 13.1 Å². The molecule has 4 heteroatoms. The fourth-order valence-electron chi connectivity index (χ4n) is 3.83. The third kappa shape index (κ3) is 3.64. The lowest BCUT2D eigenvalue weighted by Gasteiger charge is -2.16. The van der Waals surface area contributed by atoms with Crippen molar-refractivity contribution in [3.8, 4) is 33.8 Å². The Morgan fingerprint density at radius 3 is 2.20 bits per heavy atom. The highest BCUT2D eigenvalue weighted by Crippen LogP contribution is 2.38. The molecule has 0 bridgehead atoms. The van der Waals surface area contributed by atoms with Crippen molar-refractivity contribution in [2.24, 2.45) is 0 Å². The van der Waals surface area contributed by atoms with Gasteiger partial charge in [0.05, 0.1) is 11.6 Å². The average Bonchev–Trinajstić information content (AvgIpc) is 2.79. The first-order valence-electron chi connectivity index (χ1n) is 10.2. The lowest BCUT2D eigenvalue weighted by Crippen LogP contribution is -2.29. The predicted molar refractivity (Wildman–Crippen MR) is 120 cm³/mol. The van der Waals surface area contributed by atoms with Crippen molar-refractivity contribution in [3.63, 3.8) is 0 Å². The van der Waals surface area contributed by atoms with Crippen LogP contribution in [0, 0.1) is 0 Å². The molecule has 2 aromatic rings. The Labute approximate surface area is 175 Å². The topological polar surface area (TPSA) is 53.5 Å². The number of nitrogens with zero attached hydrogens (tertiary/aromatic N) is 1. The summed E-state index contributed by atoms with van der Waals surface area (Å²) in [5, 5.41) is 10.8. The van der Waals surface area contributed by atoms with Gasteiger partial charge in [-0.2, -0.15) is 0 Å². The van der Waals surface area contributed by atoms with E-state index in [1.54, 1.807) is 12.1 Å². The molecule has 1 aliphatic carbocycles. The first kappa shape index (κ1) is 19.6. The van der Waals surface area contributed by atoms with Gasteiger partial charge in [0.15, 0.2) is 0 Å². The fourth-order valence-corrected chi connectivity index (χ4v) is 3.83. The number of benzene rings is 3. The van der Waals surface area contributed by atoms with Gasteiger partial charge in [-0.1, -0.05) is 48.5 Å². The number of hydrogen-bond acceptors (Lipinski definition) is 2. The van der Waals surface area contributed by atoms with Crippen molar-refractivity contribution in [1.82, 2.24) is 4.58 Å². The van der Waals surface area contributed by atoms with E-state index in [1.807, 2.05) is 60.7 Å². The van der Waals surface area contributed by atoms with Crippen molar-refractivity contribution in [2.45, 2.75) is 13.8 Å². The molecule has 0 aromatic heterocycles. The molecule has 2 aromatic carbocycles. The Kier molecular flexibility index (Phi) is 5.48. The van der Waals surface area contributed by atoms with Gasteiger partial charge in [0.2, 0.25) is 5.36 Å². The number of carboxylic acids is 1. The van der Waals surface area contributed by atoms with Gasteiger partial charge in [-0.25, -0.2) is 9.37 Å². The van der Waals surface area contributed by atoms with Crippen LogP contribution in [0.2, 0.25) is 0 Å². The van der Waals surface area contributed by atoms with Gasteiger partial charge in [-0.15, -0.1) is 0 Å². The van der Waals surface area contributed by atoms with Crippen LogP contribution in [-0.4, -0.2) is 24.2 Å². The van der Waals surface area contributed by atoms with Crippen molar-refractivity contribution in [1.29, 1.82) is 0 Å². The zero-order chi connectivity index (χ0) is 21.1. The number of fused-ring (bicyclic) bond motifs is 1. The van der Waals surface area contributed by atoms with Crippen LogP contribution in [0.15, 0.2) is 83.3 Å². The number of carboxylic acid groups (broad SMARTS) is 1. The van der Waals surface area contributed by atoms with E-state index in [9.17, 15) is 9.90 Å². The summed E-state index contributed by atoms with van der Waals surface area (Å²) in [6, 6.07) is 25.1. The molecule has 0 amide bonds. The molecule has 0 saturated heterocycles. The maximum Gasteiger partial charge on any atom is 0.336 e. The maximum atomic E-state index is 11.9. The van der Waals surface area contributed by atoms with E-state index in [0.29, 0.717) is 11.3 Å². The molecular weight excluding hydrogens is 374 g/mol. The molecule has 1 N–H and O–H groups in total. The van der Waals surface area contributed by atoms with E-state index < -0.39 is 5.97 Å². The van der Waals surface area contributed by atoms with Crippen LogP contribution < -0.4 is 9.93 Å². The number of aromatic carboxylic acids is 1. The highest BCUT2D eigenvalue weighted by atomic mass is 16.4. The molecule has 0 radical (unpaired) electrons. The second kappa shape index (κ2) is 8.37. The van der Waals surface area contributed by atoms with Gasteiger partial charge in [0.25, 0.3) is 0 Å². The molecule has 150 valence electrons. The Morgan fingerprint density at radius 2 is 1.50 bits per heavy atom. The van der Waals surface area contributed by atoms with Crippen LogP contribution in [-0.2, 0) is 0 Å². The SMILES string of the molecule is CC[N+](CC)=c1ccc2c(-c3ccccc3C(=O)O)cc(-c3ccccc3)oc-2c1. The second-order valence-corrected chi connectivity index (χ2v) is 7.09. The molecule has 1 heterocycles.